The van der Waals surface area contributed by atoms with Crippen LogP contribution in [0.15, 0.2) is 61.4 Å². The van der Waals surface area contributed by atoms with Crippen LogP contribution < -0.4 is 9.64 Å². The third-order valence-corrected chi connectivity index (χ3v) is 7.68. The van der Waals surface area contributed by atoms with E-state index in [2.05, 4.69) is 43.2 Å². The molecule has 2 unspecified atom stereocenters. The van der Waals surface area contributed by atoms with Crippen LogP contribution in [0.1, 0.15) is 17.5 Å². The highest BCUT2D eigenvalue weighted by Crippen LogP contribution is 2.36. The van der Waals surface area contributed by atoms with Gasteiger partial charge in [-0.2, -0.15) is 15.5 Å². The van der Waals surface area contributed by atoms with E-state index in [0.29, 0.717) is 34.7 Å². The molecule has 0 aliphatic carbocycles. The van der Waals surface area contributed by atoms with E-state index < -0.39 is 0 Å². The second-order valence-corrected chi connectivity index (χ2v) is 10.1. The van der Waals surface area contributed by atoms with Crippen LogP contribution in [0.5, 0.6) is 5.88 Å². The summed E-state index contributed by atoms with van der Waals surface area (Å²) >= 11 is 0. The molecular weight excluding hydrogens is 492 g/mol. The van der Waals surface area contributed by atoms with Crippen molar-refractivity contribution >= 4 is 11.3 Å². The number of hydrogen-bond donors (Lipinski definition) is 0. The van der Waals surface area contributed by atoms with E-state index in [-0.39, 0.29) is 0 Å². The highest BCUT2D eigenvalue weighted by atomic mass is 16.5. The minimum atomic E-state index is 0.475. The molecule has 11 nitrogen and oxygen atoms in total. The lowest BCUT2D eigenvalue weighted by Crippen LogP contribution is -2.68. The Morgan fingerprint density at radius 2 is 1.85 bits per heavy atom. The van der Waals surface area contributed by atoms with Crippen molar-refractivity contribution in [3.63, 3.8) is 0 Å². The summed E-state index contributed by atoms with van der Waals surface area (Å²) in [6.07, 6.45) is 12.0. The van der Waals surface area contributed by atoms with E-state index in [1.165, 1.54) is 12.0 Å². The average Bonchev–Trinajstić information content (AvgIpc) is 3.62. The molecule has 0 saturated carbocycles. The zero-order valence-corrected chi connectivity index (χ0v) is 21.6. The fraction of sp³-hybridized carbons (Fsp3) is 0.286. The summed E-state index contributed by atoms with van der Waals surface area (Å²) in [5.74, 6) is 1.59. The lowest BCUT2D eigenvalue weighted by molar-refractivity contribution is -0.00876. The summed E-state index contributed by atoms with van der Waals surface area (Å²) in [5, 5.41) is 18.4. The minimum Gasteiger partial charge on any atom is -0.481 e. The first kappa shape index (κ1) is 23.3. The van der Waals surface area contributed by atoms with E-state index in [1.807, 2.05) is 44.0 Å². The van der Waals surface area contributed by atoms with Gasteiger partial charge in [0.15, 0.2) is 0 Å². The molecule has 0 amide bonds. The van der Waals surface area contributed by atoms with Gasteiger partial charge >= 0.3 is 0 Å². The van der Waals surface area contributed by atoms with E-state index in [1.54, 1.807) is 28.7 Å². The summed E-state index contributed by atoms with van der Waals surface area (Å²) in [4.78, 5) is 19.0. The van der Waals surface area contributed by atoms with Gasteiger partial charge in [0.2, 0.25) is 5.88 Å². The largest absolute Gasteiger partial charge is 0.481 e. The summed E-state index contributed by atoms with van der Waals surface area (Å²) in [7, 11) is 3.50. The number of ether oxygens (including phenoxy) is 1. The van der Waals surface area contributed by atoms with Crippen LogP contribution in [-0.4, -0.2) is 71.5 Å². The highest BCUT2D eigenvalue weighted by molar-refractivity contribution is 5.83. The number of rotatable bonds is 6. The number of piperazine rings is 1. The monoisotopic (exact) mass is 518 g/mol. The Morgan fingerprint density at radius 3 is 2.51 bits per heavy atom. The molecule has 3 aliphatic rings. The normalized spacial score (nSPS) is 18.6. The number of hydrogen-bond acceptors (Lipinski definition) is 9. The Balaban J connectivity index is 1.12. The van der Waals surface area contributed by atoms with Crippen molar-refractivity contribution in [3.8, 4) is 34.5 Å². The number of anilines is 1. The Hall–Kier alpha value is -4.82. The second-order valence-electron chi connectivity index (χ2n) is 10.1. The van der Waals surface area contributed by atoms with Gasteiger partial charge in [-0.25, -0.2) is 19.5 Å². The molecule has 3 aliphatic heterocycles. The quantitative estimate of drug-likeness (QED) is 0.335. The summed E-state index contributed by atoms with van der Waals surface area (Å²) in [6, 6.07) is 11.3. The van der Waals surface area contributed by atoms with Crippen LogP contribution in [0.4, 0.5) is 5.82 Å². The van der Waals surface area contributed by atoms with Gasteiger partial charge in [0.05, 0.1) is 37.1 Å². The molecule has 0 spiro atoms. The van der Waals surface area contributed by atoms with Gasteiger partial charge in [-0.05, 0) is 24.1 Å². The van der Waals surface area contributed by atoms with Crippen LogP contribution in [-0.2, 0) is 13.6 Å². The molecule has 39 heavy (non-hydrogen) atoms. The maximum absolute atomic E-state index is 9.69. The second kappa shape index (κ2) is 9.18. The van der Waals surface area contributed by atoms with Gasteiger partial charge in [0.1, 0.15) is 23.0 Å². The van der Waals surface area contributed by atoms with E-state index in [0.717, 1.165) is 42.3 Å². The lowest BCUT2D eigenvalue weighted by atomic mass is 9.87. The molecular formula is C28H26N10O. The molecule has 5 aromatic heterocycles. The molecule has 0 radical (unpaired) electrons. The number of nitriles is 1. The molecule has 5 aromatic rings. The van der Waals surface area contributed by atoms with Crippen molar-refractivity contribution < 1.29 is 4.74 Å². The summed E-state index contributed by atoms with van der Waals surface area (Å²) in [6.45, 7) is 2.77. The first-order valence-electron chi connectivity index (χ1n) is 12.8. The lowest BCUT2D eigenvalue weighted by Gasteiger charge is -2.56. The zero-order chi connectivity index (χ0) is 26.5. The number of nitrogens with zero attached hydrogens (tertiary/aromatic N) is 10. The van der Waals surface area contributed by atoms with Gasteiger partial charge in [0, 0.05) is 74.5 Å². The SMILES string of the molecule is COc1ccc(CN2C3CC2CN(c2ccc(-c4nc(-c5cnn(C)c5)cn5ncc(C#N)c45)cn2)C3)cn1. The molecule has 0 N–H and O–H groups in total. The van der Waals surface area contributed by atoms with Gasteiger partial charge < -0.3 is 9.64 Å². The Labute approximate surface area is 224 Å². The molecule has 2 atom stereocenters. The number of aromatic nitrogens is 7. The number of pyridine rings is 2. The summed E-state index contributed by atoms with van der Waals surface area (Å²) < 4.78 is 8.63. The van der Waals surface area contributed by atoms with Crippen molar-refractivity contribution in [3.05, 3.63) is 72.6 Å². The van der Waals surface area contributed by atoms with Crippen LogP contribution in [0, 0.1) is 11.3 Å². The predicted octanol–water partition coefficient (Wildman–Crippen LogP) is 2.93. The molecule has 194 valence electrons. The van der Waals surface area contributed by atoms with Crippen molar-refractivity contribution in [1.82, 2.24) is 39.2 Å². The topological polar surface area (TPSA) is 113 Å². The standard InChI is InChI=1S/C28H26N10O/c1-35-14-21(12-32-35)24-17-38-28(20(8-29)11-33-38)27(34-24)19-4-5-25(30-10-19)36-15-22-7-23(16-36)37(22)13-18-3-6-26(39-2)31-9-18/h3-6,9-12,14,17,22-23H,7,13,15-16H2,1-2H3. The molecule has 11 heteroatoms. The molecule has 8 rings (SSSR count). The van der Waals surface area contributed by atoms with Gasteiger partial charge in [-0.15, -0.1) is 0 Å². The van der Waals surface area contributed by atoms with Crippen LogP contribution in [0.2, 0.25) is 0 Å². The first-order valence-corrected chi connectivity index (χ1v) is 12.8. The first-order chi connectivity index (χ1) is 19.1. The molecule has 2 bridgehead atoms. The number of aryl methyl sites for hydroxylation is 1. The molecule has 3 saturated heterocycles. The third-order valence-electron chi connectivity index (χ3n) is 7.68. The maximum atomic E-state index is 9.69. The smallest absolute Gasteiger partial charge is 0.212 e. The number of piperidine rings is 1. The van der Waals surface area contributed by atoms with Gasteiger partial charge in [-0.3, -0.25) is 9.58 Å². The third kappa shape index (κ3) is 4.06. The molecule has 3 fully saturated rings. The Morgan fingerprint density at radius 1 is 0.974 bits per heavy atom. The van der Waals surface area contributed by atoms with Crippen molar-refractivity contribution in [2.75, 3.05) is 25.1 Å². The Kier molecular flexibility index (Phi) is 5.49. The highest BCUT2D eigenvalue weighted by Gasteiger charge is 2.44. The zero-order valence-electron chi connectivity index (χ0n) is 21.6. The number of fused-ring (bicyclic) bond motifs is 3. The molecule has 0 aromatic carbocycles. The van der Waals surface area contributed by atoms with Crippen LogP contribution >= 0.6 is 0 Å². The fourth-order valence-corrected chi connectivity index (χ4v) is 5.67. The van der Waals surface area contributed by atoms with Crippen molar-refractivity contribution in [1.29, 1.82) is 5.26 Å². The maximum Gasteiger partial charge on any atom is 0.212 e. The van der Waals surface area contributed by atoms with E-state index >= 15 is 0 Å². The van der Waals surface area contributed by atoms with Gasteiger partial charge in [-0.1, -0.05) is 6.07 Å². The predicted molar refractivity (Wildman–Crippen MR) is 144 cm³/mol. The van der Waals surface area contributed by atoms with Crippen LogP contribution in [0.25, 0.3) is 28.0 Å². The fourth-order valence-electron chi connectivity index (χ4n) is 5.67. The number of methoxy groups -OCH3 is 1. The van der Waals surface area contributed by atoms with E-state index in [4.69, 9.17) is 14.7 Å². The Bertz CT molecular complexity index is 1690. The van der Waals surface area contributed by atoms with Crippen LogP contribution in [0.3, 0.4) is 0 Å². The van der Waals surface area contributed by atoms with Crippen molar-refractivity contribution in [2.24, 2.45) is 7.05 Å². The van der Waals surface area contributed by atoms with E-state index in [9.17, 15) is 5.26 Å². The van der Waals surface area contributed by atoms with Crippen molar-refractivity contribution in [2.45, 2.75) is 25.0 Å². The minimum absolute atomic E-state index is 0.475. The average molecular weight is 519 g/mol. The molecule has 8 heterocycles. The van der Waals surface area contributed by atoms with Gasteiger partial charge in [0.25, 0.3) is 0 Å². The summed E-state index contributed by atoms with van der Waals surface area (Å²) in [5.41, 5.74) is 5.45.